The van der Waals surface area contributed by atoms with Crippen LogP contribution in [0.3, 0.4) is 0 Å². The van der Waals surface area contributed by atoms with Crippen LogP contribution in [0, 0.1) is 21.8 Å². The second kappa shape index (κ2) is 4.58. The number of nitro groups is 1. The fourth-order valence-corrected chi connectivity index (χ4v) is 2.01. The van der Waals surface area contributed by atoms with Gasteiger partial charge in [-0.25, -0.2) is 4.39 Å². The lowest BCUT2D eigenvalue weighted by atomic mass is 10.0. The highest BCUT2D eigenvalue weighted by molar-refractivity contribution is 6.31. The zero-order valence-corrected chi connectivity index (χ0v) is 9.78. The SMILES string of the molecule is NC(Cc1cc(F)c(Cl)cc1[N+](=O)[O-])C1CC1. The molecule has 0 aromatic heterocycles. The van der Waals surface area contributed by atoms with Gasteiger partial charge in [0.2, 0.25) is 0 Å². The number of hydrogen-bond donors (Lipinski definition) is 1. The smallest absolute Gasteiger partial charge is 0.274 e. The van der Waals surface area contributed by atoms with E-state index in [2.05, 4.69) is 0 Å². The van der Waals surface area contributed by atoms with Gasteiger partial charge >= 0.3 is 0 Å². The first-order chi connectivity index (χ1) is 7.99. The van der Waals surface area contributed by atoms with Gasteiger partial charge in [-0.3, -0.25) is 10.1 Å². The third-order valence-electron chi connectivity index (χ3n) is 3.00. The van der Waals surface area contributed by atoms with E-state index in [4.69, 9.17) is 17.3 Å². The van der Waals surface area contributed by atoms with Gasteiger partial charge in [0, 0.05) is 17.7 Å². The van der Waals surface area contributed by atoms with Crippen LogP contribution in [0.2, 0.25) is 5.02 Å². The number of rotatable bonds is 4. The van der Waals surface area contributed by atoms with Gasteiger partial charge in [-0.05, 0) is 31.2 Å². The second-order valence-electron chi connectivity index (χ2n) is 4.36. The summed E-state index contributed by atoms with van der Waals surface area (Å²) in [6.07, 6.45) is 2.41. The first kappa shape index (κ1) is 12.3. The first-order valence-corrected chi connectivity index (χ1v) is 5.74. The van der Waals surface area contributed by atoms with Crippen molar-refractivity contribution in [1.82, 2.24) is 0 Å². The molecule has 17 heavy (non-hydrogen) atoms. The number of hydrogen-bond acceptors (Lipinski definition) is 3. The van der Waals surface area contributed by atoms with E-state index in [1.165, 1.54) is 0 Å². The highest BCUT2D eigenvalue weighted by atomic mass is 35.5. The van der Waals surface area contributed by atoms with E-state index in [0.29, 0.717) is 17.9 Å². The Morgan fingerprint density at radius 2 is 2.24 bits per heavy atom. The van der Waals surface area contributed by atoms with E-state index in [0.717, 1.165) is 25.0 Å². The lowest BCUT2D eigenvalue weighted by molar-refractivity contribution is -0.385. The number of nitro benzene ring substituents is 1. The minimum absolute atomic E-state index is 0.144. The molecule has 1 fully saturated rings. The summed E-state index contributed by atoms with van der Waals surface area (Å²) in [5.74, 6) is -0.233. The standard InChI is InChI=1S/C11H12ClFN2O2/c12-8-5-11(15(16)17)7(3-9(8)13)4-10(14)6-1-2-6/h3,5-6,10H,1-2,4,14H2. The first-order valence-electron chi connectivity index (χ1n) is 5.37. The minimum Gasteiger partial charge on any atom is -0.327 e. The van der Waals surface area contributed by atoms with Crippen molar-refractivity contribution in [2.24, 2.45) is 11.7 Å². The highest BCUT2D eigenvalue weighted by Gasteiger charge is 2.30. The van der Waals surface area contributed by atoms with Crippen LogP contribution < -0.4 is 5.73 Å². The lowest BCUT2D eigenvalue weighted by Crippen LogP contribution is -2.25. The normalized spacial score (nSPS) is 16.9. The minimum atomic E-state index is -0.643. The van der Waals surface area contributed by atoms with Crippen molar-refractivity contribution in [3.8, 4) is 0 Å². The van der Waals surface area contributed by atoms with Crippen molar-refractivity contribution in [2.75, 3.05) is 0 Å². The molecule has 92 valence electrons. The van der Waals surface area contributed by atoms with E-state index in [1.54, 1.807) is 0 Å². The fraction of sp³-hybridized carbons (Fsp3) is 0.455. The van der Waals surface area contributed by atoms with Crippen molar-refractivity contribution in [1.29, 1.82) is 0 Å². The van der Waals surface area contributed by atoms with E-state index in [1.807, 2.05) is 0 Å². The molecule has 1 atom stereocenters. The molecule has 0 spiro atoms. The molecule has 2 rings (SSSR count). The molecule has 6 heteroatoms. The molecular weight excluding hydrogens is 247 g/mol. The Morgan fingerprint density at radius 3 is 2.76 bits per heavy atom. The topological polar surface area (TPSA) is 69.2 Å². The molecular formula is C11H12ClFN2O2. The fourth-order valence-electron chi connectivity index (χ4n) is 1.86. The van der Waals surface area contributed by atoms with Gasteiger partial charge in [0.1, 0.15) is 5.82 Å². The van der Waals surface area contributed by atoms with Crippen LogP contribution in [-0.2, 0) is 6.42 Å². The van der Waals surface area contributed by atoms with Gasteiger partial charge in [0.15, 0.2) is 0 Å². The maximum Gasteiger partial charge on any atom is 0.274 e. The van der Waals surface area contributed by atoms with Crippen molar-refractivity contribution >= 4 is 17.3 Å². The molecule has 0 saturated heterocycles. The predicted molar refractivity (Wildman–Crippen MR) is 62.5 cm³/mol. The van der Waals surface area contributed by atoms with Gasteiger partial charge in [0.05, 0.1) is 9.95 Å². The van der Waals surface area contributed by atoms with Gasteiger partial charge in [-0.2, -0.15) is 0 Å². The molecule has 0 bridgehead atoms. The van der Waals surface area contributed by atoms with Crippen LogP contribution in [-0.4, -0.2) is 11.0 Å². The summed E-state index contributed by atoms with van der Waals surface area (Å²) < 4.78 is 13.3. The van der Waals surface area contributed by atoms with Gasteiger partial charge in [-0.1, -0.05) is 11.6 Å². The number of nitrogens with two attached hydrogens (primary N) is 1. The molecule has 0 amide bonds. The molecule has 1 aromatic rings. The van der Waals surface area contributed by atoms with Crippen LogP contribution in [0.4, 0.5) is 10.1 Å². The Labute approximate surface area is 103 Å². The van der Waals surface area contributed by atoms with Crippen LogP contribution in [0.5, 0.6) is 0 Å². The quantitative estimate of drug-likeness (QED) is 0.667. The summed E-state index contributed by atoms with van der Waals surface area (Å²) in [5.41, 5.74) is 6.05. The Balaban J connectivity index is 2.29. The summed E-state index contributed by atoms with van der Waals surface area (Å²) >= 11 is 5.53. The third kappa shape index (κ3) is 2.73. The maximum atomic E-state index is 13.3. The highest BCUT2D eigenvalue weighted by Crippen LogP contribution is 2.35. The maximum absolute atomic E-state index is 13.3. The molecule has 0 heterocycles. The molecule has 1 aliphatic carbocycles. The van der Waals surface area contributed by atoms with Crippen LogP contribution in [0.25, 0.3) is 0 Å². The van der Waals surface area contributed by atoms with Crippen LogP contribution in [0.1, 0.15) is 18.4 Å². The number of nitrogens with zero attached hydrogens (tertiary/aromatic N) is 1. The van der Waals surface area contributed by atoms with Crippen molar-refractivity contribution in [2.45, 2.75) is 25.3 Å². The summed E-state index contributed by atoms with van der Waals surface area (Å²) in [7, 11) is 0. The molecule has 1 saturated carbocycles. The Morgan fingerprint density at radius 1 is 1.59 bits per heavy atom. The number of halogens is 2. The molecule has 1 aliphatic rings. The summed E-state index contributed by atoms with van der Waals surface area (Å²) in [4.78, 5) is 10.3. The van der Waals surface area contributed by atoms with E-state index in [-0.39, 0.29) is 16.8 Å². The third-order valence-corrected chi connectivity index (χ3v) is 3.29. The zero-order valence-electron chi connectivity index (χ0n) is 9.03. The van der Waals surface area contributed by atoms with Gasteiger partial charge in [-0.15, -0.1) is 0 Å². The predicted octanol–water partition coefficient (Wildman–Crippen LogP) is 2.67. The van der Waals surface area contributed by atoms with Crippen molar-refractivity contribution in [3.05, 3.63) is 38.7 Å². The monoisotopic (exact) mass is 258 g/mol. The van der Waals surface area contributed by atoms with Gasteiger partial charge in [0.25, 0.3) is 5.69 Å². The molecule has 2 N–H and O–H groups in total. The summed E-state index contributed by atoms with van der Waals surface area (Å²) in [6, 6.07) is 2.02. The van der Waals surface area contributed by atoms with E-state index >= 15 is 0 Å². The van der Waals surface area contributed by atoms with Gasteiger partial charge < -0.3 is 5.73 Å². The Bertz CT molecular complexity index is 463. The average Bonchev–Trinajstić information content (AvgIpc) is 3.06. The Hall–Kier alpha value is -1.20. The summed E-state index contributed by atoms with van der Waals surface area (Å²) in [5, 5.41) is 10.6. The van der Waals surface area contributed by atoms with Crippen molar-refractivity contribution in [3.63, 3.8) is 0 Å². The van der Waals surface area contributed by atoms with Crippen LogP contribution >= 0.6 is 11.6 Å². The number of benzene rings is 1. The lowest BCUT2D eigenvalue weighted by Gasteiger charge is -2.10. The molecule has 1 aromatic carbocycles. The molecule has 1 unspecified atom stereocenters. The molecule has 4 nitrogen and oxygen atoms in total. The van der Waals surface area contributed by atoms with Crippen molar-refractivity contribution < 1.29 is 9.31 Å². The van der Waals surface area contributed by atoms with E-state index in [9.17, 15) is 14.5 Å². The Kier molecular flexibility index (Phi) is 3.31. The summed E-state index contributed by atoms with van der Waals surface area (Å²) in [6.45, 7) is 0. The largest absolute Gasteiger partial charge is 0.327 e. The second-order valence-corrected chi connectivity index (χ2v) is 4.76. The van der Waals surface area contributed by atoms with E-state index < -0.39 is 10.7 Å². The molecule has 0 aliphatic heterocycles. The zero-order chi connectivity index (χ0) is 12.6. The molecule has 0 radical (unpaired) electrons. The average molecular weight is 259 g/mol. The van der Waals surface area contributed by atoms with Crippen LogP contribution in [0.15, 0.2) is 12.1 Å².